The Bertz CT molecular complexity index is 1270. The van der Waals surface area contributed by atoms with Gasteiger partial charge >= 0.3 is 6.09 Å². The Morgan fingerprint density at radius 2 is 1.89 bits per heavy atom. The van der Waals surface area contributed by atoms with Gasteiger partial charge in [-0.15, -0.1) is 0 Å². The fourth-order valence-corrected chi connectivity index (χ4v) is 4.15. The van der Waals surface area contributed by atoms with Crippen molar-refractivity contribution >= 4 is 17.7 Å². The largest absolute Gasteiger partial charge is 0.442 e. The molecule has 178 valence electrons. The summed E-state index contributed by atoms with van der Waals surface area (Å²) in [5.41, 5.74) is 4.60. The van der Waals surface area contributed by atoms with E-state index in [1.54, 1.807) is 18.2 Å². The number of carbonyl (C=O) groups excluding carboxylic acids is 2. The Hall–Kier alpha value is -4.18. The maximum Gasteiger partial charge on any atom is 0.414 e. The smallest absolute Gasteiger partial charge is 0.414 e. The van der Waals surface area contributed by atoms with Crippen molar-refractivity contribution in [3.05, 3.63) is 89.2 Å². The molecule has 1 N–H and O–H groups in total. The molecule has 1 atom stereocenters. The zero-order chi connectivity index (χ0) is 24.8. The lowest BCUT2D eigenvalue weighted by atomic mass is 9.99. The minimum atomic E-state index is -0.559. The average Bonchev–Trinajstić information content (AvgIpc) is 3.24. The summed E-state index contributed by atoms with van der Waals surface area (Å²) in [7, 11) is 0. The van der Waals surface area contributed by atoms with Crippen molar-refractivity contribution in [2.45, 2.75) is 32.3 Å². The van der Waals surface area contributed by atoms with Crippen LogP contribution in [0, 0.1) is 17.1 Å². The van der Waals surface area contributed by atoms with Gasteiger partial charge in [-0.05, 0) is 66.3 Å². The molecule has 0 aromatic heterocycles. The summed E-state index contributed by atoms with van der Waals surface area (Å²) in [6, 6.07) is 22.3. The number of rotatable bonds is 8. The molecule has 3 aromatic carbocycles. The highest BCUT2D eigenvalue weighted by molar-refractivity contribution is 5.90. The van der Waals surface area contributed by atoms with Gasteiger partial charge in [0.15, 0.2) is 0 Å². The molecule has 1 aliphatic heterocycles. The zero-order valence-corrected chi connectivity index (χ0v) is 19.5. The van der Waals surface area contributed by atoms with Gasteiger partial charge in [-0.25, -0.2) is 9.18 Å². The number of ether oxygens (including phenoxy) is 1. The standard InChI is InChI=1S/C28H26FN3O3/c1-19(33)31-17-25-18-32(28(34)35-25)24-12-13-26(27(29)15-24)23-10-8-20(9-11-23)4-2-5-21-6-3-7-22(14-21)16-30/h3,6-15,25H,2,4-5,17-18H2,1H3,(H,31,33)/t25-/m0/s1. The molecule has 35 heavy (non-hydrogen) atoms. The summed E-state index contributed by atoms with van der Waals surface area (Å²) in [5, 5.41) is 11.6. The molecule has 1 aliphatic rings. The van der Waals surface area contributed by atoms with Crippen LogP contribution in [-0.2, 0) is 22.4 Å². The number of anilines is 1. The topological polar surface area (TPSA) is 82.4 Å². The highest BCUT2D eigenvalue weighted by Gasteiger charge is 2.32. The third-order valence-corrected chi connectivity index (χ3v) is 5.97. The molecule has 1 fully saturated rings. The Morgan fingerprint density at radius 1 is 1.11 bits per heavy atom. The van der Waals surface area contributed by atoms with Crippen molar-refractivity contribution in [2.24, 2.45) is 0 Å². The zero-order valence-electron chi connectivity index (χ0n) is 19.5. The minimum absolute atomic E-state index is 0.203. The van der Waals surface area contributed by atoms with Crippen LogP contribution in [0.4, 0.5) is 14.9 Å². The van der Waals surface area contributed by atoms with Crippen molar-refractivity contribution in [1.29, 1.82) is 5.26 Å². The van der Waals surface area contributed by atoms with Crippen LogP contribution in [0.25, 0.3) is 11.1 Å². The van der Waals surface area contributed by atoms with Gasteiger partial charge in [-0.3, -0.25) is 9.69 Å². The van der Waals surface area contributed by atoms with E-state index in [0.717, 1.165) is 36.0 Å². The lowest BCUT2D eigenvalue weighted by Gasteiger charge is -2.15. The normalized spacial score (nSPS) is 14.9. The predicted molar refractivity (Wildman–Crippen MR) is 131 cm³/mol. The number of hydrogen-bond acceptors (Lipinski definition) is 4. The molecule has 1 saturated heterocycles. The van der Waals surface area contributed by atoms with Crippen LogP contribution in [0.3, 0.4) is 0 Å². The number of hydrogen-bond donors (Lipinski definition) is 1. The molecule has 0 saturated carbocycles. The van der Waals surface area contributed by atoms with E-state index < -0.39 is 18.0 Å². The van der Waals surface area contributed by atoms with E-state index >= 15 is 0 Å². The van der Waals surface area contributed by atoms with Gasteiger partial charge in [0.2, 0.25) is 5.91 Å². The number of carbonyl (C=O) groups is 2. The molecule has 3 aromatic rings. The van der Waals surface area contributed by atoms with E-state index in [0.29, 0.717) is 16.8 Å². The van der Waals surface area contributed by atoms with E-state index in [1.165, 1.54) is 17.9 Å². The first-order valence-electron chi connectivity index (χ1n) is 11.5. The van der Waals surface area contributed by atoms with Crippen LogP contribution in [0.15, 0.2) is 66.7 Å². The Kier molecular flexibility index (Phi) is 7.41. The lowest BCUT2D eigenvalue weighted by molar-refractivity contribution is -0.119. The SMILES string of the molecule is CC(=O)NC[C@H]1CN(c2ccc(-c3ccc(CCCc4cccc(C#N)c4)cc3)c(F)c2)C(=O)O1. The summed E-state index contributed by atoms with van der Waals surface area (Å²) in [5.74, 6) is -0.628. The van der Waals surface area contributed by atoms with Crippen LogP contribution in [-0.4, -0.2) is 31.2 Å². The lowest BCUT2D eigenvalue weighted by Crippen LogP contribution is -2.33. The molecule has 4 rings (SSSR count). The number of benzene rings is 3. The van der Waals surface area contributed by atoms with Crippen LogP contribution >= 0.6 is 0 Å². The number of nitrogens with zero attached hydrogens (tertiary/aromatic N) is 2. The van der Waals surface area contributed by atoms with Gasteiger partial charge in [0, 0.05) is 12.5 Å². The number of nitrogens with one attached hydrogen (secondary N) is 1. The summed E-state index contributed by atoms with van der Waals surface area (Å²) >= 11 is 0. The molecular weight excluding hydrogens is 445 g/mol. The summed E-state index contributed by atoms with van der Waals surface area (Å²) in [6.45, 7) is 1.86. The summed E-state index contributed by atoms with van der Waals surface area (Å²) in [6.07, 6.45) is 1.69. The third-order valence-electron chi connectivity index (χ3n) is 5.97. The quantitative estimate of drug-likeness (QED) is 0.501. The monoisotopic (exact) mass is 471 g/mol. The van der Waals surface area contributed by atoms with E-state index in [2.05, 4.69) is 11.4 Å². The van der Waals surface area contributed by atoms with Crippen molar-refractivity contribution in [3.63, 3.8) is 0 Å². The highest BCUT2D eigenvalue weighted by atomic mass is 19.1. The van der Waals surface area contributed by atoms with Crippen molar-refractivity contribution in [1.82, 2.24) is 5.32 Å². The van der Waals surface area contributed by atoms with E-state index in [4.69, 9.17) is 10.00 Å². The molecule has 0 unspecified atom stereocenters. The van der Waals surface area contributed by atoms with Crippen molar-refractivity contribution in [3.8, 4) is 17.2 Å². The molecular formula is C28H26FN3O3. The third kappa shape index (κ3) is 6.04. The van der Waals surface area contributed by atoms with Crippen LogP contribution in [0.5, 0.6) is 0 Å². The Morgan fingerprint density at radius 3 is 2.60 bits per heavy atom. The van der Waals surface area contributed by atoms with E-state index in [1.807, 2.05) is 42.5 Å². The highest BCUT2D eigenvalue weighted by Crippen LogP contribution is 2.29. The first kappa shape index (κ1) is 24.0. The van der Waals surface area contributed by atoms with Crippen molar-refractivity contribution < 1.29 is 18.7 Å². The number of nitriles is 1. The second kappa shape index (κ2) is 10.8. The van der Waals surface area contributed by atoms with Crippen molar-refractivity contribution in [2.75, 3.05) is 18.0 Å². The molecule has 6 nitrogen and oxygen atoms in total. The number of amides is 2. The number of halogens is 1. The summed E-state index contributed by atoms with van der Waals surface area (Å²) in [4.78, 5) is 24.6. The predicted octanol–water partition coefficient (Wildman–Crippen LogP) is 5.00. The molecule has 2 amide bonds. The first-order chi connectivity index (χ1) is 16.9. The second-order valence-corrected chi connectivity index (χ2v) is 8.58. The molecule has 0 spiro atoms. The fourth-order valence-electron chi connectivity index (χ4n) is 4.15. The van der Waals surface area contributed by atoms with E-state index in [9.17, 15) is 14.0 Å². The fraction of sp³-hybridized carbons (Fsp3) is 0.250. The second-order valence-electron chi connectivity index (χ2n) is 8.58. The average molecular weight is 472 g/mol. The van der Waals surface area contributed by atoms with E-state index in [-0.39, 0.29) is 19.0 Å². The van der Waals surface area contributed by atoms with Gasteiger partial charge in [0.1, 0.15) is 11.9 Å². The maximum atomic E-state index is 15.0. The molecule has 1 heterocycles. The maximum absolute atomic E-state index is 15.0. The first-order valence-corrected chi connectivity index (χ1v) is 11.5. The van der Waals surface area contributed by atoms with Gasteiger partial charge in [-0.2, -0.15) is 5.26 Å². The van der Waals surface area contributed by atoms with Crippen LogP contribution in [0.1, 0.15) is 30.0 Å². The Balaban J connectivity index is 1.36. The number of aryl methyl sites for hydroxylation is 2. The van der Waals surface area contributed by atoms with Gasteiger partial charge in [0.05, 0.1) is 30.4 Å². The molecule has 0 bridgehead atoms. The van der Waals surface area contributed by atoms with Gasteiger partial charge in [0.25, 0.3) is 0 Å². The summed E-state index contributed by atoms with van der Waals surface area (Å²) < 4.78 is 20.2. The number of cyclic esters (lactones) is 1. The molecule has 0 radical (unpaired) electrons. The van der Waals surface area contributed by atoms with Gasteiger partial charge < -0.3 is 10.1 Å². The minimum Gasteiger partial charge on any atom is -0.442 e. The molecule has 0 aliphatic carbocycles. The van der Waals surface area contributed by atoms with Crippen LogP contribution in [0.2, 0.25) is 0 Å². The van der Waals surface area contributed by atoms with Crippen LogP contribution < -0.4 is 10.2 Å². The molecule has 7 heteroatoms. The Labute approximate surface area is 203 Å². The van der Waals surface area contributed by atoms with Gasteiger partial charge in [-0.1, -0.05) is 36.4 Å².